The summed E-state index contributed by atoms with van der Waals surface area (Å²) in [6, 6.07) is 0. The Morgan fingerprint density at radius 3 is 3.14 bits per heavy atom. The highest BCUT2D eigenvalue weighted by atomic mass is 16.8. The molecule has 4 nitrogen and oxygen atoms in total. The maximum atomic E-state index is 11.2. The SMILES string of the molecule is O=C1OC[C@H]([C@@]23C#CC4=CCCC/C4=C/C#CCC[C@@H]2O3)O1. The highest BCUT2D eigenvalue weighted by Crippen LogP contribution is 2.45. The molecule has 0 aromatic carbocycles. The molecule has 2 aliphatic heterocycles. The van der Waals surface area contributed by atoms with Gasteiger partial charge in [-0.3, -0.25) is 0 Å². The van der Waals surface area contributed by atoms with Crippen molar-refractivity contribution in [1.29, 1.82) is 0 Å². The Hall–Kier alpha value is -2.17. The van der Waals surface area contributed by atoms with Gasteiger partial charge in [-0.1, -0.05) is 29.8 Å². The molecule has 2 saturated heterocycles. The number of cyclic esters (lactones) is 2. The van der Waals surface area contributed by atoms with Crippen molar-refractivity contribution in [2.75, 3.05) is 6.61 Å². The van der Waals surface area contributed by atoms with E-state index in [1.165, 1.54) is 5.57 Å². The lowest BCUT2D eigenvalue weighted by Gasteiger charge is -2.13. The molecule has 0 amide bonds. The zero-order chi connectivity index (χ0) is 15.0. The van der Waals surface area contributed by atoms with Crippen molar-refractivity contribution in [2.45, 2.75) is 49.9 Å². The van der Waals surface area contributed by atoms with E-state index in [1.54, 1.807) is 0 Å². The molecule has 2 fully saturated rings. The molecule has 0 spiro atoms. The molecule has 2 aliphatic carbocycles. The van der Waals surface area contributed by atoms with E-state index in [2.05, 4.69) is 29.8 Å². The van der Waals surface area contributed by atoms with E-state index >= 15 is 0 Å². The molecule has 3 atom stereocenters. The number of epoxide rings is 1. The van der Waals surface area contributed by atoms with Crippen molar-refractivity contribution < 1.29 is 19.0 Å². The number of allylic oxidation sites excluding steroid dienone is 4. The van der Waals surface area contributed by atoms with Crippen LogP contribution in [0.15, 0.2) is 23.3 Å². The van der Waals surface area contributed by atoms with Gasteiger partial charge in [0.15, 0.2) is 11.7 Å². The maximum Gasteiger partial charge on any atom is 0.508 e. The first-order chi connectivity index (χ1) is 10.8. The minimum absolute atomic E-state index is 0.0421. The van der Waals surface area contributed by atoms with Crippen molar-refractivity contribution in [3.05, 3.63) is 23.3 Å². The zero-order valence-electron chi connectivity index (χ0n) is 12.2. The molecule has 22 heavy (non-hydrogen) atoms. The summed E-state index contributed by atoms with van der Waals surface area (Å²) >= 11 is 0. The number of carbonyl (C=O) groups is 1. The first kappa shape index (κ1) is 13.5. The smallest absolute Gasteiger partial charge is 0.430 e. The van der Waals surface area contributed by atoms with Crippen LogP contribution in [-0.4, -0.2) is 30.6 Å². The van der Waals surface area contributed by atoms with Crippen molar-refractivity contribution in [2.24, 2.45) is 0 Å². The van der Waals surface area contributed by atoms with Crippen LogP contribution in [0.1, 0.15) is 32.1 Å². The highest BCUT2D eigenvalue weighted by Gasteiger charge is 2.64. The molecule has 112 valence electrons. The van der Waals surface area contributed by atoms with Crippen LogP contribution < -0.4 is 0 Å². The van der Waals surface area contributed by atoms with Gasteiger partial charge in [-0.25, -0.2) is 4.79 Å². The molecule has 0 saturated carbocycles. The summed E-state index contributed by atoms with van der Waals surface area (Å²) in [5, 5.41) is 0. The van der Waals surface area contributed by atoms with Gasteiger partial charge in [0.25, 0.3) is 0 Å². The molecular formula is C18H16O4. The van der Waals surface area contributed by atoms with Crippen LogP contribution in [0.5, 0.6) is 0 Å². The minimum atomic E-state index is -0.721. The molecule has 0 radical (unpaired) electrons. The van der Waals surface area contributed by atoms with Crippen molar-refractivity contribution in [3.8, 4) is 23.7 Å². The summed E-state index contributed by atoms with van der Waals surface area (Å²) < 4.78 is 16.0. The van der Waals surface area contributed by atoms with Crippen LogP contribution in [0.3, 0.4) is 0 Å². The van der Waals surface area contributed by atoms with E-state index in [9.17, 15) is 4.79 Å². The third kappa shape index (κ3) is 2.30. The lowest BCUT2D eigenvalue weighted by molar-refractivity contribution is 0.0966. The predicted octanol–water partition coefficient (Wildman–Crippen LogP) is 2.50. The Balaban J connectivity index is 1.69. The van der Waals surface area contributed by atoms with E-state index in [0.717, 1.165) is 37.7 Å². The highest BCUT2D eigenvalue weighted by molar-refractivity contribution is 5.63. The van der Waals surface area contributed by atoms with Gasteiger partial charge < -0.3 is 14.2 Å². The molecule has 0 bridgehead atoms. The van der Waals surface area contributed by atoms with E-state index in [0.29, 0.717) is 0 Å². The summed E-state index contributed by atoms with van der Waals surface area (Å²) in [4.78, 5) is 11.2. The lowest BCUT2D eigenvalue weighted by atomic mass is 9.92. The molecule has 0 aromatic heterocycles. The zero-order valence-corrected chi connectivity index (χ0v) is 12.2. The Kier molecular flexibility index (Phi) is 3.21. The first-order valence-corrected chi connectivity index (χ1v) is 7.70. The summed E-state index contributed by atoms with van der Waals surface area (Å²) in [5.74, 6) is 12.8. The Bertz CT molecular complexity index is 694. The van der Waals surface area contributed by atoms with Crippen LogP contribution >= 0.6 is 0 Å². The summed E-state index contributed by atoms with van der Waals surface area (Å²) in [6.45, 7) is 0.206. The third-order valence-corrected chi connectivity index (χ3v) is 4.44. The van der Waals surface area contributed by atoms with Crippen LogP contribution in [0.2, 0.25) is 0 Å². The van der Waals surface area contributed by atoms with Gasteiger partial charge in [0, 0.05) is 12.0 Å². The van der Waals surface area contributed by atoms with Crippen molar-refractivity contribution in [3.63, 3.8) is 0 Å². The van der Waals surface area contributed by atoms with Crippen LogP contribution in [0.25, 0.3) is 0 Å². The summed E-state index contributed by atoms with van der Waals surface area (Å²) in [5.41, 5.74) is 1.50. The largest absolute Gasteiger partial charge is 0.508 e. The fourth-order valence-electron chi connectivity index (χ4n) is 3.15. The molecular weight excluding hydrogens is 280 g/mol. The van der Waals surface area contributed by atoms with Crippen LogP contribution in [-0.2, 0) is 14.2 Å². The number of hydrogen-bond acceptors (Lipinski definition) is 4. The van der Waals surface area contributed by atoms with Crippen molar-refractivity contribution in [1.82, 2.24) is 0 Å². The van der Waals surface area contributed by atoms with Gasteiger partial charge >= 0.3 is 6.16 Å². The van der Waals surface area contributed by atoms with Gasteiger partial charge in [-0.15, -0.1) is 0 Å². The van der Waals surface area contributed by atoms with Gasteiger partial charge in [0.05, 0.1) is 0 Å². The monoisotopic (exact) mass is 296 g/mol. The fourth-order valence-corrected chi connectivity index (χ4v) is 3.15. The summed E-state index contributed by atoms with van der Waals surface area (Å²) in [6.07, 6.45) is 7.74. The summed E-state index contributed by atoms with van der Waals surface area (Å²) in [7, 11) is 0. The topological polar surface area (TPSA) is 48.1 Å². The average Bonchev–Trinajstić information content (AvgIpc) is 3.07. The lowest BCUT2D eigenvalue weighted by Crippen LogP contribution is -2.33. The maximum absolute atomic E-state index is 11.2. The average molecular weight is 296 g/mol. The minimum Gasteiger partial charge on any atom is -0.430 e. The van der Waals surface area contributed by atoms with E-state index < -0.39 is 17.9 Å². The molecule has 0 unspecified atom stereocenters. The number of fused-ring (bicyclic) bond motifs is 2. The predicted molar refractivity (Wildman–Crippen MR) is 78.6 cm³/mol. The van der Waals surface area contributed by atoms with Gasteiger partial charge in [-0.05, 0) is 37.3 Å². The normalized spacial score (nSPS) is 37.9. The first-order valence-electron chi connectivity index (χ1n) is 7.70. The molecule has 2 heterocycles. The Morgan fingerprint density at radius 1 is 1.32 bits per heavy atom. The van der Waals surface area contributed by atoms with Crippen molar-refractivity contribution >= 4 is 6.16 Å². The standard InChI is InChI=1S/C18H16O4/c19-17-20-12-16(21-17)18-11-10-14-8-5-4-7-13(14)6-2-1-3-9-15(18)22-18/h6,8,15-16H,3-5,7,9,12H2/b13-6-/t15-,16+,18+/m0/s1. The van der Waals surface area contributed by atoms with Gasteiger partial charge in [-0.2, -0.15) is 0 Å². The second-order valence-corrected chi connectivity index (χ2v) is 5.86. The third-order valence-electron chi connectivity index (χ3n) is 4.44. The quantitative estimate of drug-likeness (QED) is 0.424. The fraction of sp³-hybridized carbons (Fsp3) is 0.500. The number of hydrogen-bond donors (Lipinski definition) is 0. The molecule has 0 N–H and O–H groups in total. The number of rotatable bonds is 1. The molecule has 4 heteroatoms. The van der Waals surface area contributed by atoms with Gasteiger partial charge in [0.2, 0.25) is 0 Å². The van der Waals surface area contributed by atoms with E-state index in [1.807, 2.05) is 6.08 Å². The number of ether oxygens (including phenoxy) is 3. The van der Waals surface area contributed by atoms with Crippen LogP contribution in [0, 0.1) is 23.7 Å². The Labute approximate surface area is 129 Å². The van der Waals surface area contributed by atoms with Crippen LogP contribution in [0.4, 0.5) is 4.79 Å². The molecule has 0 aromatic rings. The second-order valence-electron chi connectivity index (χ2n) is 5.86. The van der Waals surface area contributed by atoms with Gasteiger partial charge in [0.1, 0.15) is 12.7 Å². The van der Waals surface area contributed by atoms with E-state index in [-0.39, 0.29) is 12.7 Å². The molecule has 4 aliphatic rings. The Morgan fingerprint density at radius 2 is 2.27 bits per heavy atom. The molecule has 4 rings (SSSR count). The van der Waals surface area contributed by atoms with E-state index in [4.69, 9.17) is 14.2 Å². The second kappa shape index (κ2) is 5.23. The number of carbonyl (C=O) groups excluding carboxylic acids is 1.